The minimum absolute atomic E-state index is 0.371. The van der Waals surface area contributed by atoms with E-state index in [1.807, 2.05) is 30.3 Å². The van der Waals surface area contributed by atoms with Gasteiger partial charge in [0.25, 0.3) is 0 Å². The number of rotatable bonds is 2. The molecule has 0 aliphatic rings. The summed E-state index contributed by atoms with van der Waals surface area (Å²) in [5.41, 5.74) is 0.749. The molecule has 0 N–H and O–H groups in total. The maximum Gasteiger partial charge on any atom is 0.348 e. The van der Waals surface area contributed by atoms with E-state index in [0.29, 0.717) is 4.88 Å². The van der Waals surface area contributed by atoms with Crippen LogP contribution in [0.15, 0.2) is 30.3 Å². The average molecular weight is 243 g/mol. The first-order chi connectivity index (χ1) is 8.27. The number of hydrogen-bond donors (Lipinski definition) is 0. The van der Waals surface area contributed by atoms with Crippen molar-refractivity contribution in [3.8, 4) is 6.07 Å². The number of allylic oxidation sites excluding steroid dienone is 1. The quantitative estimate of drug-likeness (QED) is 0.601. The molecule has 0 atom stereocenters. The summed E-state index contributed by atoms with van der Waals surface area (Å²) in [6, 6.07) is 9.61. The molecule has 0 spiro atoms. The van der Waals surface area contributed by atoms with Crippen molar-refractivity contribution < 1.29 is 9.53 Å². The highest BCUT2D eigenvalue weighted by atomic mass is 32.1. The number of methoxy groups -OCH3 is 1. The number of nitriles is 1. The summed E-state index contributed by atoms with van der Waals surface area (Å²) in [6.45, 7) is 0. The molecule has 3 nitrogen and oxygen atoms in total. The number of thiophene rings is 1. The fourth-order valence-corrected chi connectivity index (χ4v) is 2.70. The highest BCUT2D eigenvalue weighted by Crippen LogP contribution is 2.32. The molecule has 84 valence electrons. The molecule has 4 heteroatoms. The summed E-state index contributed by atoms with van der Waals surface area (Å²) in [7, 11) is 1.35. The molecule has 0 saturated carbocycles. The van der Waals surface area contributed by atoms with E-state index in [-0.39, 0.29) is 5.97 Å². The molecule has 1 heterocycles. The minimum atomic E-state index is -0.371. The second-order valence-electron chi connectivity index (χ2n) is 3.30. The third-order valence-electron chi connectivity index (χ3n) is 2.33. The Morgan fingerprint density at radius 2 is 2.24 bits per heavy atom. The maximum atomic E-state index is 11.6. The Kier molecular flexibility index (Phi) is 3.22. The number of fused-ring (bicyclic) bond motifs is 1. The summed E-state index contributed by atoms with van der Waals surface area (Å²) < 4.78 is 5.75. The molecule has 0 amide bonds. The highest BCUT2D eigenvalue weighted by Gasteiger charge is 2.16. The molecule has 0 saturated heterocycles. The Morgan fingerprint density at radius 3 is 2.94 bits per heavy atom. The lowest BCUT2D eigenvalue weighted by Crippen LogP contribution is -1.99. The van der Waals surface area contributed by atoms with E-state index in [9.17, 15) is 4.79 Å². The number of carbonyl (C=O) groups excluding carboxylic acids is 1. The van der Waals surface area contributed by atoms with Gasteiger partial charge in [0.15, 0.2) is 0 Å². The van der Waals surface area contributed by atoms with Gasteiger partial charge in [-0.15, -0.1) is 11.3 Å². The largest absolute Gasteiger partial charge is 0.465 e. The van der Waals surface area contributed by atoms with Crippen LogP contribution in [0, 0.1) is 11.3 Å². The molecular weight excluding hydrogens is 234 g/mol. The van der Waals surface area contributed by atoms with Crippen LogP contribution in [0.3, 0.4) is 0 Å². The summed E-state index contributed by atoms with van der Waals surface area (Å²) in [5, 5.41) is 9.54. The Hall–Kier alpha value is -2.12. The number of benzene rings is 1. The Bertz CT molecular complexity index is 634. The van der Waals surface area contributed by atoms with Crippen LogP contribution in [0.1, 0.15) is 15.2 Å². The molecule has 0 bridgehead atoms. The predicted octanol–water partition coefficient (Wildman–Crippen LogP) is 3.22. The number of esters is 1. The Balaban J connectivity index is 2.70. The Labute approximate surface area is 103 Å². The summed E-state index contributed by atoms with van der Waals surface area (Å²) in [6.07, 6.45) is 3.01. The molecule has 0 fully saturated rings. The zero-order valence-corrected chi connectivity index (χ0v) is 9.95. The van der Waals surface area contributed by atoms with Crippen molar-refractivity contribution in [3.05, 3.63) is 40.8 Å². The SMILES string of the molecule is COC(=O)c1sc2ccccc2c1C=CC#N. The molecule has 1 aromatic carbocycles. The first-order valence-electron chi connectivity index (χ1n) is 4.94. The van der Waals surface area contributed by atoms with Crippen LogP contribution in [0.2, 0.25) is 0 Å². The number of carbonyl (C=O) groups is 1. The van der Waals surface area contributed by atoms with Crippen molar-refractivity contribution in [1.82, 2.24) is 0 Å². The lowest BCUT2D eigenvalue weighted by atomic mass is 10.1. The van der Waals surface area contributed by atoms with E-state index < -0.39 is 0 Å². The van der Waals surface area contributed by atoms with Crippen LogP contribution in [-0.4, -0.2) is 13.1 Å². The van der Waals surface area contributed by atoms with E-state index in [1.165, 1.54) is 24.5 Å². The second kappa shape index (κ2) is 4.81. The zero-order valence-electron chi connectivity index (χ0n) is 9.14. The van der Waals surface area contributed by atoms with Gasteiger partial charge in [-0.1, -0.05) is 18.2 Å². The smallest absolute Gasteiger partial charge is 0.348 e. The molecule has 17 heavy (non-hydrogen) atoms. The highest BCUT2D eigenvalue weighted by molar-refractivity contribution is 7.21. The van der Waals surface area contributed by atoms with E-state index in [4.69, 9.17) is 10.00 Å². The van der Waals surface area contributed by atoms with E-state index >= 15 is 0 Å². The van der Waals surface area contributed by atoms with Crippen LogP contribution in [0.4, 0.5) is 0 Å². The van der Waals surface area contributed by atoms with Gasteiger partial charge in [-0.05, 0) is 12.1 Å². The molecule has 0 unspecified atom stereocenters. The fourth-order valence-electron chi connectivity index (χ4n) is 1.60. The average Bonchev–Trinajstić information content (AvgIpc) is 2.74. The standard InChI is InChI=1S/C13H9NO2S/c1-16-13(15)12-10(6-4-8-14)9-5-2-3-7-11(9)17-12/h2-7H,1H3. The lowest BCUT2D eigenvalue weighted by molar-refractivity contribution is 0.0606. The normalized spacial score (nSPS) is 10.6. The number of nitrogens with zero attached hydrogens (tertiary/aromatic N) is 1. The van der Waals surface area contributed by atoms with Crippen molar-refractivity contribution in [2.24, 2.45) is 0 Å². The van der Waals surface area contributed by atoms with Gasteiger partial charge in [0.1, 0.15) is 4.88 Å². The van der Waals surface area contributed by atoms with E-state index in [1.54, 1.807) is 6.08 Å². The lowest BCUT2D eigenvalue weighted by Gasteiger charge is -1.96. The monoisotopic (exact) mass is 243 g/mol. The molecule has 1 aromatic heterocycles. The Morgan fingerprint density at radius 1 is 1.47 bits per heavy atom. The first-order valence-corrected chi connectivity index (χ1v) is 5.75. The van der Waals surface area contributed by atoms with Gasteiger partial charge in [-0.3, -0.25) is 0 Å². The summed E-state index contributed by atoms with van der Waals surface area (Å²) in [5.74, 6) is -0.371. The van der Waals surface area contributed by atoms with Crippen LogP contribution >= 0.6 is 11.3 Å². The fraction of sp³-hybridized carbons (Fsp3) is 0.0769. The van der Waals surface area contributed by atoms with Crippen molar-refractivity contribution >= 4 is 33.5 Å². The number of hydrogen-bond acceptors (Lipinski definition) is 4. The van der Waals surface area contributed by atoms with Crippen LogP contribution in [0.25, 0.3) is 16.2 Å². The van der Waals surface area contributed by atoms with Gasteiger partial charge in [0.2, 0.25) is 0 Å². The third kappa shape index (κ3) is 2.05. The van der Waals surface area contributed by atoms with Gasteiger partial charge in [0.05, 0.1) is 13.2 Å². The topological polar surface area (TPSA) is 50.1 Å². The van der Waals surface area contributed by atoms with Crippen LogP contribution in [0.5, 0.6) is 0 Å². The predicted molar refractivity (Wildman–Crippen MR) is 67.8 cm³/mol. The van der Waals surface area contributed by atoms with Crippen molar-refractivity contribution in [2.45, 2.75) is 0 Å². The summed E-state index contributed by atoms with van der Waals surface area (Å²) in [4.78, 5) is 12.2. The molecular formula is C13H9NO2S. The van der Waals surface area contributed by atoms with E-state index in [2.05, 4.69) is 0 Å². The molecule has 0 aliphatic heterocycles. The maximum absolute atomic E-state index is 11.6. The number of ether oxygens (including phenoxy) is 1. The van der Waals surface area contributed by atoms with Crippen molar-refractivity contribution in [1.29, 1.82) is 5.26 Å². The molecule has 0 aliphatic carbocycles. The summed E-state index contributed by atoms with van der Waals surface area (Å²) >= 11 is 1.37. The second-order valence-corrected chi connectivity index (χ2v) is 4.35. The molecule has 2 aromatic rings. The van der Waals surface area contributed by atoms with Gasteiger partial charge in [0, 0.05) is 21.7 Å². The van der Waals surface area contributed by atoms with Gasteiger partial charge in [-0.25, -0.2) is 4.79 Å². The van der Waals surface area contributed by atoms with Gasteiger partial charge >= 0.3 is 5.97 Å². The van der Waals surface area contributed by atoms with Gasteiger partial charge < -0.3 is 4.74 Å². The van der Waals surface area contributed by atoms with Crippen LogP contribution < -0.4 is 0 Å². The zero-order chi connectivity index (χ0) is 12.3. The third-order valence-corrected chi connectivity index (χ3v) is 3.50. The first kappa shape index (κ1) is 11.4. The van der Waals surface area contributed by atoms with Crippen molar-refractivity contribution in [3.63, 3.8) is 0 Å². The minimum Gasteiger partial charge on any atom is -0.465 e. The van der Waals surface area contributed by atoms with Crippen LogP contribution in [-0.2, 0) is 4.74 Å². The molecule has 2 rings (SSSR count). The van der Waals surface area contributed by atoms with E-state index in [0.717, 1.165) is 15.6 Å². The van der Waals surface area contributed by atoms with Gasteiger partial charge in [-0.2, -0.15) is 5.26 Å². The van der Waals surface area contributed by atoms with Crippen molar-refractivity contribution in [2.75, 3.05) is 7.11 Å². The molecule has 0 radical (unpaired) electrons.